The van der Waals surface area contributed by atoms with Gasteiger partial charge in [0.15, 0.2) is 6.61 Å². The summed E-state index contributed by atoms with van der Waals surface area (Å²) in [5, 5.41) is 0. The van der Waals surface area contributed by atoms with E-state index in [2.05, 4.69) is 29.8 Å². The highest BCUT2D eigenvalue weighted by atomic mass is 79.9. The Morgan fingerprint density at radius 1 is 1.28 bits per heavy atom. The summed E-state index contributed by atoms with van der Waals surface area (Å²) in [5.74, 6) is 0.768. The van der Waals surface area contributed by atoms with Crippen LogP contribution in [-0.2, 0) is 4.79 Å². The van der Waals surface area contributed by atoms with Gasteiger partial charge in [-0.05, 0) is 31.0 Å². The Kier molecular flexibility index (Phi) is 6.80. The number of halogens is 1. The topological polar surface area (TPSA) is 29.5 Å². The molecule has 0 bridgehead atoms. The maximum Gasteiger partial charge on any atom is 0.260 e. The van der Waals surface area contributed by atoms with Crippen molar-refractivity contribution in [1.82, 2.24) is 4.90 Å². The molecular formula is C14H20BrNO2. The van der Waals surface area contributed by atoms with Gasteiger partial charge in [0, 0.05) is 17.6 Å². The van der Waals surface area contributed by atoms with E-state index in [1.165, 1.54) is 0 Å². The van der Waals surface area contributed by atoms with E-state index in [9.17, 15) is 4.79 Å². The van der Waals surface area contributed by atoms with Crippen molar-refractivity contribution in [2.24, 2.45) is 0 Å². The third-order valence-corrected chi connectivity index (χ3v) is 2.99. The molecule has 0 aliphatic rings. The van der Waals surface area contributed by atoms with Crippen molar-refractivity contribution in [1.29, 1.82) is 0 Å². The van der Waals surface area contributed by atoms with Gasteiger partial charge in [-0.15, -0.1) is 0 Å². The number of carbonyl (C=O) groups is 1. The molecule has 0 atom stereocenters. The summed E-state index contributed by atoms with van der Waals surface area (Å²) in [5.41, 5.74) is 0. The van der Waals surface area contributed by atoms with Gasteiger partial charge in [-0.25, -0.2) is 0 Å². The Morgan fingerprint density at radius 2 is 1.94 bits per heavy atom. The van der Waals surface area contributed by atoms with Gasteiger partial charge in [-0.2, -0.15) is 0 Å². The van der Waals surface area contributed by atoms with Gasteiger partial charge in [0.25, 0.3) is 5.91 Å². The van der Waals surface area contributed by atoms with E-state index in [0.29, 0.717) is 5.75 Å². The number of ether oxygens (including phenoxy) is 1. The van der Waals surface area contributed by atoms with Crippen molar-refractivity contribution < 1.29 is 9.53 Å². The quantitative estimate of drug-likeness (QED) is 0.771. The zero-order chi connectivity index (χ0) is 13.4. The minimum atomic E-state index is 0.0543. The molecule has 0 aliphatic carbocycles. The van der Waals surface area contributed by atoms with Gasteiger partial charge in [0.05, 0.1) is 0 Å². The van der Waals surface area contributed by atoms with Crippen LogP contribution >= 0.6 is 15.9 Å². The molecule has 1 aromatic rings. The second-order valence-corrected chi connectivity index (χ2v) is 5.04. The Morgan fingerprint density at radius 3 is 2.50 bits per heavy atom. The number of nitrogens with zero attached hydrogens (tertiary/aromatic N) is 1. The number of hydrogen-bond acceptors (Lipinski definition) is 2. The summed E-state index contributed by atoms with van der Waals surface area (Å²) >= 11 is 3.37. The Balaban J connectivity index is 2.48. The van der Waals surface area contributed by atoms with Crippen LogP contribution in [0.5, 0.6) is 5.75 Å². The lowest BCUT2D eigenvalue weighted by molar-refractivity contribution is -0.133. The van der Waals surface area contributed by atoms with Gasteiger partial charge in [-0.3, -0.25) is 4.79 Å². The van der Waals surface area contributed by atoms with E-state index in [1.807, 2.05) is 29.2 Å². The van der Waals surface area contributed by atoms with Crippen molar-refractivity contribution in [2.75, 3.05) is 19.7 Å². The number of amides is 1. The number of hydrogen-bond donors (Lipinski definition) is 0. The summed E-state index contributed by atoms with van der Waals surface area (Å²) in [6.07, 6.45) is 1.95. The molecule has 0 saturated heterocycles. The first-order valence-electron chi connectivity index (χ1n) is 6.33. The summed E-state index contributed by atoms with van der Waals surface area (Å²) < 4.78 is 6.45. The lowest BCUT2D eigenvalue weighted by Crippen LogP contribution is -2.36. The number of carbonyl (C=O) groups excluding carboxylic acids is 1. The summed E-state index contributed by atoms with van der Waals surface area (Å²) in [4.78, 5) is 13.8. The van der Waals surface area contributed by atoms with Crippen molar-refractivity contribution in [3.63, 3.8) is 0 Å². The second-order valence-electron chi connectivity index (χ2n) is 4.13. The molecule has 1 aromatic carbocycles. The van der Waals surface area contributed by atoms with Gasteiger partial charge in [0.1, 0.15) is 5.75 Å². The first-order chi connectivity index (χ1) is 8.67. The van der Waals surface area contributed by atoms with E-state index < -0.39 is 0 Å². The monoisotopic (exact) mass is 313 g/mol. The highest BCUT2D eigenvalue weighted by Crippen LogP contribution is 2.17. The number of rotatable bonds is 7. The molecule has 0 fully saturated rings. The van der Waals surface area contributed by atoms with Crippen molar-refractivity contribution in [3.05, 3.63) is 28.7 Å². The molecule has 0 saturated carbocycles. The van der Waals surface area contributed by atoms with Crippen LogP contribution in [0, 0.1) is 0 Å². The van der Waals surface area contributed by atoms with Crippen molar-refractivity contribution >= 4 is 21.8 Å². The maximum atomic E-state index is 12.0. The van der Waals surface area contributed by atoms with E-state index in [-0.39, 0.29) is 12.5 Å². The third-order valence-electron chi connectivity index (χ3n) is 2.50. The van der Waals surface area contributed by atoms with Crippen LogP contribution in [-0.4, -0.2) is 30.5 Å². The molecule has 3 nitrogen and oxygen atoms in total. The zero-order valence-electron chi connectivity index (χ0n) is 11.0. The fourth-order valence-electron chi connectivity index (χ4n) is 1.69. The summed E-state index contributed by atoms with van der Waals surface area (Å²) in [7, 11) is 0. The Hall–Kier alpha value is -1.03. The molecule has 0 spiro atoms. The van der Waals surface area contributed by atoms with Crippen LogP contribution in [0.2, 0.25) is 0 Å². The van der Waals surface area contributed by atoms with E-state index in [0.717, 1.165) is 30.4 Å². The minimum Gasteiger partial charge on any atom is -0.484 e. The van der Waals surface area contributed by atoms with Crippen LogP contribution in [0.4, 0.5) is 0 Å². The van der Waals surface area contributed by atoms with E-state index in [4.69, 9.17) is 4.74 Å². The van der Waals surface area contributed by atoms with Gasteiger partial charge >= 0.3 is 0 Å². The molecule has 100 valence electrons. The SMILES string of the molecule is CCCN(CCC)C(=O)COc1cccc(Br)c1. The standard InChI is InChI=1S/C14H20BrNO2/c1-3-8-16(9-4-2)14(17)11-18-13-7-5-6-12(15)10-13/h5-7,10H,3-4,8-9,11H2,1-2H3. The summed E-state index contributed by atoms with van der Waals surface area (Å²) in [6, 6.07) is 7.52. The Bertz CT molecular complexity index is 376. The zero-order valence-corrected chi connectivity index (χ0v) is 12.6. The maximum absolute atomic E-state index is 12.0. The minimum absolute atomic E-state index is 0.0543. The highest BCUT2D eigenvalue weighted by Gasteiger charge is 2.12. The smallest absolute Gasteiger partial charge is 0.260 e. The lowest BCUT2D eigenvalue weighted by atomic mass is 10.3. The van der Waals surface area contributed by atoms with E-state index in [1.54, 1.807) is 0 Å². The predicted molar refractivity (Wildman–Crippen MR) is 76.8 cm³/mol. The Labute approximate surface area is 117 Å². The summed E-state index contributed by atoms with van der Waals surface area (Å²) in [6.45, 7) is 5.86. The second kappa shape index (κ2) is 8.14. The molecular weight excluding hydrogens is 294 g/mol. The molecule has 18 heavy (non-hydrogen) atoms. The molecule has 4 heteroatoms. The van der Waals surface area contributed by atoms with Crippen molar-refractivity contribution in [3.8, 4) is 5.75 Å². The molecule has 1 rings (SSSR count). The largest absolute Gasteiger partial charge is 0.484 e. The highest BCUT2D eigenvalue weighted by molar-refractivity contribution is 9.10. The molecule has 0 N–H and O–H groups in total. The van der Waals surface area contributed by atoms with Crippen LogP contribution in [0.25, 0.3) is 0 Å². The van der Waals surface area contributed by atoms with Crippen LogP contribution in [0.1, 0.15) is 26.7 Å². The molecule has 1 amide bonds. The first kappa shape index (κ1) is 15.0. The normalized spacial score (nSPS) is 10.2. The molecule has 0 radical (unpaired) electrons. The van der Waals surface area contributed by atoms with Crippen molar-refractivity contribution in [2.45, 2.75) is 26.7 Å². The average Bonchev–Trinajstić information content (AvgIpc) is 2.36. The molecule has 0 aromatic heterocycles. The molecule has 0 aliphatic heterocycles. The van der Waals surface area contributed by atoms with Gasteiger partial charge in [-0.1, -0.05) is 35.8 Å². The van der Waals surface area contributed by atoms with Crippen LogP contribution in [0.15, 0.2) is 28.7 Å². The van der Waals surface area contributed by atoms with E-state index >= 15 is 0 Å². The van der Waals surface area contributed by atoms with Crippen LogP contribution in [0.3, 0.4) is 0 Å². The van der Waals surface area contributed by atoms with Crippen LogP contribution < -0.4 is 4.74 Å². The lowest BCUT2D eigenvalue weighted by Gasteiger charge is -2.21. The average molecular weight is 314 g/mol. The first-order valence-corrected chi connectivity index (χ1v) is 7.12. The fraction of sp³-hybridized carbons (Fsp3) is 0.500. The molecule has 0 unspecified atom stereocenters. The van der Waals surface area contributed by atoms with Gasteiger partial charge < -0.3 is 9.64 Å². The van der Waals surface area contributed by atoms with Gasteiger partial charge in [0.2, 0.25) is 0 Å². The number of benzene rings is 1. The third kappa shape index (κ3) is 5.08. The molecule has 0 heterocycles. The predicted octanol–water partition coefficient (Wildman–Crippen LogP) is 3.48. The fourth-order valence-corrected chi connectivity index (χ4v) is 2.07.